The van der Waals surface area contributed by atoms with Gasteiger partial charge in [0, 0.05) is 41.9 Å². The van der Waals surface area contributed by atoms with Crippen molar-refractivity contribution >= 4 is 28.8 Å². The summed E-state index contributed by atoms with van der Waals surface area (Å²) < 4.78 is 7.39. The van der Waals surface area contributed by atoms with Crippen molar-refractivity contribution in [3.63, 3.8) is 0 Å². The van der Waals surface area contributed by atoms with Crippen LogP contribution in [0.1, 0.15) is 31.2 Å². The van der Waals surface area contributed by atoms with Crippen molar-refractivity contribution in [2.75, 3.05) is 13.2 Å². The Morgan fingerprint density at radius 3 is 2.83 bits per heavy atom. The monoisotopic (exact) mass is 392 g/mol. The van der Waals surface area contributed by atoms with Crippen molar-refractivity contribution in [2.45, 2.75) is 44.4 Å². The van der Waals surface area contributed by atoms with Crippen molar-refractivity contribution in [3.05, 3.63) is 41.6 Å². The summed E-state index contributed by atoms with van der Waals surface area (Å²) in [6, 6.07) is 9.84. The number of amides is 2. The van der Waals surface area contributed by atoms with Crippen LogP contribution in [0.2, 0.25) is 0 Å². The third kappa shape index (κ3) is 4.66. The number of para-hydroxylation sites is 1. The Morgan fingerprint density at radius 2 is 2.10 bits per heavy atom. The number of carbonyl (C=O) groups excluding carboxylic acids is 2. The highest BCUT2D eigenvalue weighted by molar-refractivity contribution is 6.04. The molecular formula is C22H24N4O3. The van der Waals surface area contributed by atoms with E-state index in [4.69, 9.17) is 4.74 Å². The van der Waals surface area contributed by atoms with Crippen LogP contribution in [0.3, 0.4) is 0 Å². The maximum Gasteiger partial charge on any atom is 0.262 e. The number of nitrogens with zero attached hydrogens (tertiary/aromatic N) is 2. The molecule has 0 bridgehead atoms. The fourth-order valence-electron chi connectivity index (χ4n) is 3.56. The number of ether oxygens (including phenoxy) is 1. The van der Waals surface area contributed by atoms with E-state index in [2.05, 4.69) is 10.6 Å². The van der Waals surface area contributed by atoms with Crippen molar-refractivity contribution in [3.8, 4) is 6.07 Å². The van der Waals surface area contributed by atoms with Gasteiger partial charge in [-0.1, -0.05) is 18.2 Å². The summed E-state index contributed by atoms with van der Waals surface area (Å²) in [7, 11) is 0. The minimum Gasteiger partial charge on any atom is -0.376 e. The van der Waals surface area contributed by atoms with Crippen LogP contribution in [0.5, 0.6) is 0 Å². The van der Waals surface area contributed by atoms with E-state index >= 15 is 0 Å². The predicted molar refractivity (Wildman–Crippen MR) is 109 cm³/mol. The van der Waals surface area contributed by atoms with Gasteiger partial charge in [0.1, 0.15) is 18.2 Å². The van der Waals surface area contributed by atoms with E-state index in [0.717, 1.165) is 48.8 Å². The first-order chi connectivity index (χ1) is 14.1. The van der Waals surface area contributed by atoms with E-state index in [9.17, 15) is 14.9 Å². The molecule has 0 radical (unpaired) electrons. The molecule has 29 heavy (non-hydrogen) atoms. The molecule has 7 heteroatoms. The highest BCUT2D eigenvalue weighted by atomic mass is 16.5. The number of carbonyl (C=O) groups is 2. The summed E-state index contributed by atoms with van der Waals surface area (Å²) in [5, 5.41) is 16.1. The second kappa shape index (κ2) is 8.50. The maximum atomic E-state index is 12.4. The zero-order valence-corrected chi connectivity index (χ0v) is 16.2. The van der Waals surface area contributed by atoms with E-state index in [1.54, 1.807) is 6.08 Å². The smallest absolute Gasteiger partial charge is 0.262 e. The Bertz CT molecular complexity index is 991. The van der Waals surface area contributed by atoms with E-state index in [-0.39, 0.29) is 36.1 Å². The number of fused-ring (bicyclic) bond motifs is 1. The van der Waals surface area contributed by atoms with Gasteiger partial charge in [-0.25, -0.2) is 0 Å². The van der Waals surface area contributed by atoms with Crippen LogP contribution >= 0.6 is 0 Å². The van der Waals surface area contributed by atoms with Crippen LogP contribution in [-0.2, 0) is 20.9 Å². The first-order valence-electron chi connectivity index (χ1n) is 10.0. The second-order valence-corrected chi connectivity index (χ2v) is 7.59. The van der Waals surface area contributed by atoms with Crippen LogP contribution in [0.25, 0.3) is 17.0 Å². The first-order valence-corrected chi connectivity index (χ1v) is 10.0. The minimum absolute atomic E-state index is 0.0719. The molecule has 1 saturated heterocycles. The van der Waals surface area contributed by atoms with E-state index in [1.165, 1.54) is 0 Å². The van der Waals surface area contributed by atoms with Crippen LogP contribution in [0.4, 0.5) is 0 Å². The fourth-order valence-corrected chi connectivity index (χ4v) is 3.56. The minimum atomic E-state index is -0.346. The van der Waals surface area contributed by atoms with Crippen LogP contribution in [-0.4, -0.2) is 41.7 Å². The molecule has 2 heterocycles. The molecule has 2 aliphatic rings. The zero-order valence-electron chi connectivity index (χ0n) is 16.2. The molecule has 0 unspecified atom stereocenters. The molecule has 2 aromatic rings. The standard InChI is InChI=1S/C22H24N4O3/c23-11-15(22(28)25-17-7-8-17)10-16-13-26(20-6-2-1-5-19(16)20)14-21(27)24-12-18-4-3-9-29-18/h1-2,5-6,10,13,17-18H,3-4,7-9,12,14H2,(H,24,27)(H,25,28)/b15-10+/t18-/m0/s1. The Balaban J connectivity index is 1.52. The highest BCUT2D eigenvalue weighted by Gasteiger charge is 2.25. The molecule has 1 aliphatic heterocycles. The largest absolute Gasteiger partial charge is 0.376 e. The number of nitriles is 1. The molecule has 2 fully saturated rings. The normalized spacial score (nSPS) is 19.1. The Morgan fingerprint density at radius 1 is 1.28 bits per heavy atom. The average Bonchev–Trinajstić information content (AvgIpc) is 3.26. The lowest BCUT2D eigenvalue weighted by atomic mass is 10.1. The zero-order chi connectivity index (χ0) is 20.2. The molecule has 2 amide bonds. The fraction of sp³-hybridized carbons (Fsp3) is 0.409. The van der Waals surface area contributed by atoms with Gasteiger partial charge in [-0.15, -0.1) is 0 Å². The van der Waals surface area contributed by atoms with E-state index in [0.29, 0.717) is 6.54 Å². The summed E-state index contributed by atoms with van der Waals surface area (Å²) in [6.07, 6.45) is 7.45. The predicted octanol–water partition coefficient (Wildman–Crippen LogP) is 2.12. The van der Waals surface area contributed by atoms with Crippen LogP contribution in [0, 0.1) is 11.3 Å². The number of benzene rings is 1. The van der Waals surface area contributed by atoms with Gasteiger partial charge in [-0.2, -0.15) is 5.26 Å². The number of aromatic nitrogens is 1. The number of nitrogens with one attached hydrogen (secondary N) is 2. The van der Waals surface area contributed by atoms with Crippen molar-refractivity contribution in [1.82, 2.24) is 15.2 Å². The van der Waals surface area contributed by atoms with Crippen molar-refractivity contribution in [1.29, 1.82) is 5.26 Å². The average molecular weight is 392 g/mol. The van der Waals surface area contributed by atoms with Crippen molar-refractivity contribution in [2.24, 2.45) is 0 Å². The van der Waals surface area contributed by atoms with Gasteiger partial charge < -0.3 is 19.9 Å². The van der Waals surface area contributed by atoms with Gasteiger partial charge in [0.25, 0.3) is 5.91 Å². The third-order valence-corrected chi connectivity index (χ3v) is 5.26. The molecule has 7 nitrogen and oxygen atoms in total. The molecule has 1 aromatic carbocycles. The molecule has 1 aromatic heterocycles. The molecule has 1 aliphatic carbocycles. The Kier molecular flexibility index (Phi) is 5.63. The summed E-state index contributed by atoms with van der Waals surface area (Å²) in [5.41, 5.74) is 1.70. The maximum absolute atomic E-state index is 12.4. The molecule has 1 atom stereocenters. The number of hydrogen-bond donors (Lipinski definition) is 2. The molecule has 2 N–H and O–H groups in total. The quantitative estimate of drug-likeness (QED) is 0.557. The molecular weight excluding hydrogens is 368 g/mol. The first kappa shape index (κ1) is 19.2. The number of rotatable bonds is 7. The van der Waals surface area contributed by atoms with Crippen molar-refractivity contribution < 1.29 is 14.3 Å². The van der Waals surface area contributed by atoms with Gasteiger partial charge in [0.15, 0.2) is 0 Å². The van der Waals surface area contributed by atoms with Crippen LogP contribution < -0.4 is 10.6 Å². The SMILES string of the molecule is N#C/C(=C\c1cn(CC(=O)NC[C@@H]2CCCO2)c2ccccc12)C(=O)NC1CC1. The molecule has 0 spiro atoms. The van der Waals surface area contributed by atoms with Gasteiger partial charge in [-0.3, -0.25) is 9.59 Å². The van der Waals surface area contributed by atoms with Gasteiger partial charge in [0.2, 0.25) is 5.91 Å². The molecule has 1 saturated carbocycles. The third-order valence-electron chi connectivity index (χ3n) is 5.26. The summed E-state index contributed by atoms with van der Waals surface area (Å²) in [5.74, 6) is -0.440. The van der Waals surface area contributed by atoms with Gasteiger partial charge in [-0.05, 0) is 37.8 Å². The lowest BCUT2D eigenvalue weighted by molar-refractivity contribution is -0.122. The summed E-state index contributed by atoms with van der Waals surface area (Å²) in [6.45, 7) is 1.44. The lowest BCUT2D eigenvalue weighted by Gasteiger charge is -2.11. The Labute approximate surface area is 169 Å². The Hall–Kier alpha value is -3.11. The summed E-state index contributed by atoms with van der Waals surface area (Å²) >= 11 is 0. The van der Waals surface area contributed by atoms with Gasteiger partial charge >= 0.3 is 0 Å². The number of hydrogen-bond acceptors (Lipinski definition) is 4. The highest BCUT2D eigenvalue weighted by Crippen LogP contribution is 2.24. The van der Waals surface area contributed by atoms with Crippen LogP contribution in [0.15, 0.2) is 36.0 Å². The van der Waals surface area contributed by atoms with Gasteiger partial charge in [0.05, 0.1) is 6.10 Å². The molecule has 150 valence electrons. The summed E-state index contributed by atoms with van der Waals surface area (Å²) in [4.78, 5) is 24.7. The lowest BCUT2D eigenvalue weighted by Crippen LogP contribution is -2.34. The topological polar surface area (TPSA) is 96.2 Å². The van der Waals surface area contributed by atoms with E-state index < -0.39 is 0 Å². The molecule has 4 rings (SSSR count). The second-order valence-electron chi connectivity index (χ2n) is 7.59. The van der Waals surface area contributed by atoms with E-state index in [1.807, 2.05) is 41.1 Å².